The maximum absolute atomic E-state index is 5.76. The van der Waals surface area contributed by atoms with Gasteiger partial charge in [-0.1, -0.05) is 26.7 Å². The standard InChI is InChI=1S/C14H26O3/c1-3-5-8-15-12-14-11-13(7-10-17-14)16-9-6-4-2/h7,10,13-14H,3-6,8-9,11-12H2,1-2H3/t13-,14+/m1/s1. The van der Waals surface area contributed by atoms with Crippen LogP contribution in [0.2, 0.25) is 0 Å². The lowest BCUT2D eigenvalue weighted by Crippen LogP contribution is -2.28. The van der Waals surface area contributed by atoms with Crippen molar-refractivity contribution in [3.8, 4) is 0 Å². The average molecular weight is 242 g/mol. The Kier molecular flexibility index (Phi) is 8.10. The second kappa shape index (κ2) is 9.49. The Morgan fingerprint density at radius 2 is 1.94 bits per heavy atom. The van der Waals surface area contributed by atoms with Crippen molar-refractivity contribution in [2.45, 2.75) is 58.2 Å². The molecule has 0 N–H and O–H groups in total. The summed E-state index contributed by atoms with van der Waals surface area (Å²) < 4.78 is 16.8. The average Bonchev–Trinajstić information content (AvgIpc) is 2.36. The van der Waals surface area contributed by atoms with Crippen molar-refractivity contribution in [1.29, 1.82) is 0 Å². The summed E-state index contributed by atoms with van der Waals surface area (Å²) in [6, 6.07) is 0. The first-order valence-electron chi connectivity index (χ1n) is 6.88. The smallest absolute Gasteiger partial charge is 0.124 e. The van der Waals surface area contributed by atoms with Crippen molar-refractivity contribution in [1.82, 2.24) is 0 Å². The Balaban J connectivity index is 2.10. The first kappa shape index (κ1) is 14.5. The quantitative estimate of drug-likeness (QED) is 0.581. The Labute approximate surface area is 105 Å². The van der Waals surface area contributed by atoms with E-state index in [0.29, 0.717) is 6.61 Å². The molecule has 1 aliphatic rings. The number of hydrogen-bond donors (Lipinski definition) is 0. The maximum atomic E-state index is 5.76. The van der Waals surface area contributed by atoms with Crippen LogP contribution in [0.25, 0.3) is 0 Å². The van der Waals surface area contributed by atoms with Crippen LogP contribution < -0.4 is 0 Å². The van der Waals surface area contributed by atoms with Gasteiger partial charge in [-0.05, 0) is 18.9 Å². The summed E-state index contributed by atoms with van der Waals surface area (Å²) in [4.78, 5) is 0. The number of rotatable bonds is 9. The molecule has 0 unspecified atom stereocenters. The van der Waals surface area contributed by atoms with Gasteiger partial charge in [0.2, 0.25) is 0 Å². The first-order chi connectivity index (χ1) is 8.36. The molecule has 0 aromatic carbocycles. The Morgan fingerprint density at radius 1 is 1.18 bits per heavy atom. The first-order valence-corrected chi connectivity index (χ1v) is 6.88. The van der Waals surface area contributed by atoms with Crippen LogP contribution in [0.4, 0.5) is 0 Å². The molecule has 0 fully saturated rings. The van der Waals surface area contributed by atoms with E-state index in [9.17, 15) is 0 Å². The van der Waals surface area contributed by atoms with Crippen molar-refractivity contribution in [2.24, 2.45) is 0 Å². The minimum Gasteiger partial charge on any atom is -0.496 e. The molecular weight excluding hydrogens is 216 g/mol. The molecule has 3 heteroatoms. The molecule has 0 aromatic rings. The van der Waals surface area contributed by atoms with E-state index in [1.165, 1.54) is 12.8 Å². The SMILES string of the molecule is CCCCOC[C@@H]1C[C@H](OCCCC)C=CO1. The Bertz CT molecular complexity index is 204. The number of ether oxygens (including phenoxy) is 3. The molecule has 0 amide bonds. The van der Waals surface area contributed by atoms with Gasteiger partial charge >= 0.3 is 0 Å². The van der Waals surface area contributed by atoms with Gasteiger partial charge in [0.1, 0.15) is 6.10 Å². The third kappa shape index (κ3) is 6.69. The van der Waals surface area contributed by atoms with Crippen LogP contribution in [-0.2, 0) is 14.2 Å². The van der Waals surface area contributed by atoms with E-state index >= 15 is 0 Å². The molecule has 0 radical (unpaired) electrons. The van der Waals surface area contributed by atoms with Gasteiger partial charge in [0.15, 0.2) is 0 Å². The predicted molar refractivity (Wildman–Crippen MR) is 69.0 cm³/mol. The molecule has 0 bridgehead atoms. The van der Waals surface area contributed by atoms with E-state index in [1.807, 2.05) is 6.08 Å². The monoisotopic (exact) mass is 242 g/mol. The molecular formula is C14H26O3. The van der Waals surface area contributed by atoms with Crippen LogP contribution in [0, 0.1) is 0 Å². The fourth-order valence-electron chi connectivity index (χ4n) is 1.71. The summed E-state index contributed by atoms with van der Waals surface area (Å²) in [5.74, 6) is 0. The highest BCUT2D eigenvalue weighted by Gasteiger charge is 2.19. The molecule has 1 heterocycles. The third-order valence-electron chi connectivity index (χ3n) is 2.84. The van der Waals surface area contributed by atoms with E-state index in [1.54, 1.807) is 6.26 Å². The summed E-state index contributed by atoms with van der Waals surface area (Å²) in [7, 11) is 0. The van der Waals surface area contributed by atoms with Crippen LogP contribution in [-0.4, -0.2) is 32.0 Å². The molecule has 0 saturated carbocycles. The molecule has 100 valence electrons. The molecule has 1 aliphatic heterocycles. The van der Waals surface area contributed by atoms with Crippen molar-refractivity contribution in [3.63, 3.8) is 0 Å². The van der Waals surface area contributed by atoms with Gasteiger partial charge < -0.3 is 14.2 Å². The minimum atomic E-state index is 0.156. The summed E-state index contributed by atoms with van der Waals surface area (Å²) in [5.41, 5.74) is 0. The molecule has 3 nitrogen and oxygen atoms in total. The summed E-state index contributed by atoms with van der Waals surface area (Å²) >= 11 is 0. The van der Waals surface area contributed by atoms with Crippen molar-refractivity contribution >= 4 is 0 Å². The molecule has 1 rings (SSSR count). The molecule has 0 aliphatic carbocycles. The zero-order chi connectivity index (χ0) is 12.3. The summed E-state index contributed by atoms with van der Waals surface area (Å²) in [6.07, 6.45) is 9.63. The molecule has 0 aromatic heterocycles. The Hall–Kier alpha value is -0.540. The van der Waals surface area contributed by atoms with Crippen LogP contribution in [0.5, 0.6) is 0 Å². The topological polar surface area (TPSA) is 27.7 Å². The van der Waals surface area contributed by atoms with E-state index in [-0.39, 0.29) is 12.2 Å². The van der Waals surface area contributed by atoms with Crippen molar-refractivity contribution in [2.75, 3.05) is 19.8 Å². The lowest BCUT2D eigenvalue weighted by Gasteiger charge is -2.25. The minimum absolute atomic E-state index is 0.156. The zero-order valence-electron chi connectivity index (χ0n) is 11.2. The molecule has 2 atom stereocenters. The van der Waals surface area contributed by atoms with Gasteiger partial charge in [-0.25, -0.2) is 0 Å². The summed E-state index contributed by atoms with van der Waals surface area (Å²) in [5, 5.41) is 0. The highest BCUT2D eigenvalue weighted by Crippen LogP contribution is 2.15. The molecule has 17 heavy (non-hydrogen) atoms. The van der Waals surface area contributed by atoms with Gasteiger partial charge in [0.25, 0.3) is 0 Å². The van der Waals surface area contributed by atoms with Crippen molar-refractivity contribution in [3.05, 3.63) is 12.3 Å². The van der Waals surface area contributed by atoms with Crippen LogP contribution >= 0.6 is 0 Å². The zero-order valence-corrected chi connectivity index (χ0v) is 11.2. The van der Waals surface area contributed by atoms with Gasteiger partial charge in [0.05, 0.1) is 19.0 Å². The van der Waals surface area contributed by atoms with E-state index < -0.39 is 0 Å². The van der Waals surface area contributed by atoms with E-state index in [4.69, 9.17) is 14.2 Å². The largest absolute Gasteiger partial charge is 0.496 e. The second-order valence-electron chi connectivity index (χ2n) is 4.51. The predicted octanol–water partition coefficient (Wildman–Crippen LogP) is 3.29. The fourth-order valence-corrected chi connectivity index (χ4v) is 1.71. The van der Waals surface area contributed by atoms with Crippen molar-refractivity contribution < 1.29 is 14.2 Å². The van der Waals surface area contributed by atoms with E-state index in [0.717, 1.165) is 32.5 Å². The molecule has 0 saturated heterocycles. The van der Waals surface area contributed by atoms with Gasteiger partial charge in [0, 0.05) is 19.6 Å². The molecule has 0 spiro atoms. The van der Waals surface area contributed by atoms with Gasteiger partial charge in [-0.15, -0.1) is 0 Å². The second-order valence-corrected chi connectivity index (χ2v) is 4.51. The summed E-state index contributed by atoms with van der Waals surface area (Å²) in [6.45, 7) is 6.70. The van der Waals surface area contributed by atoms with Crippen LogP contribution in [0.1, 0.15) is 46.0 Å². The lowest BCUT2D eigenvalue weighted by molar-refractivity contribution is -0.0262. The van der Waals surface area contributed by atoms with Crippen LogP contribution in [0.3, 0.4) is 0 Å². The normalized spacial score (nSPS) is 23.6. The van der Waals surface area contributed by atoms with E-state index in [2.05, 4.69) is 13.8 Å². The fraction of sp³-hybridized carbons (Fsp3) is 0.857. The number of unbranched alkanes of at least 4 members (excludes halogenated alkanes) is 2. The third-order valence-corrected chi connectivity index (χ3v) is 2.84. The van der Waals surface area contributed by atoms with Gasteiger partial charge in [-0.3, -0.25) is 0 Å². The highest BCUT2D eigenvalue weighted by atomic mass is 16.5. The maximum Gasteiger partial charge on any atom is 0.124 e. The lowest BCUT2D eigenvalue weighted by atomic mass is 10.1. The van der Waals surface area contributed by atoms with Gasteiger partial charge in [-0.2, -0.15) is 0 Å². The highest BCUT2D eigenvalue weighted by molar-refractivity contribution is 4.91. The van der Waals surface area contributed by atoms with Crippen LogP contribution in [0.15, 0.2) is 12.3 Å². The Morgan fingerprint density at radius 3 is 2.71 bits per heavy atom. The number of hydrogen-bond acceptors (Lipinski definition) is 3.